The average Bonchev–Trinajstić information content (AvgIpc) is 3.05. The first-order valence-corrected chi connectivity index (χ1v) is 8.36. The summed E-state index contributed by atoms with van der Waals surface area (Å²) in [6.45, 7) is 5.95. The molecule has 0 aliphatic heterocycles. The van der Waals surface area contributed by atoms with Gasteiger partial charge in [0.25, 0.3) is 5.91 Å². The third-order valence-corrected chi connectivity index (χ3v) is 4.19. The van der Waals surface area contributed by atoms with Gasteiger partial charge < -0.3 is 15.5 Å². The fourth-order valence-electron chi connectivity index (χ4n) is 2.59. The van der Waals surface area contributed by atoms with Crippen LogP contribution in [0.2, 0.25) is 0 Å². The molecule has 0 bridgehead atoms. The van der Waals surface area contributed by atoms with Crippen molar-refractivity contribution in [3.63, 3.8) is 0 Å². The maximum absolute atomic E-state index is 12.2. The number of aryl methyl sites for hydroxylation is 2. The predicted molar refractivity (Wildman–Crippen MR) is 105 cm³/mol. The van der Waals surface area contributed by atoms with Crippen LogP contribution in [0, 0.1) is 13.8 Å². The molecular weight excluding hydrogens is 326 g/mol. The summed E-state index contributed by atoms with van der Waals surface area (Å²) >= 11 is 0. The second-order valence-electron chi connectivity index (χ2n) is 6.08. The van der Waals surface area contributed by atoms with E-state index in [0.29, 0.717) is 28.3 Å². The van der Waals surface area contributed by atoms with Crippen LogP contribution in [0.15, 0.2) is 64.7 Å². The molecule has 0 saturated carbocycles. The van der Waals surface area contributed by atoms with Crippen LogP contribution in [0.3, 0.4) is 0 Å². The van der Waals surface area contributed by atoms with E-state index in [0.717, 1.165) is 5.56 Å². The minimum atomic E-state index is -0.275. The highest BCUT2D eigenvalue weighted by atomic mass is 16.3. The largest absolute Gasteiger partial charge is 0.436 e. The van der Waals surface area contributed by atoms with Crippen LogP contribution in [0.5, 0.6) is 0 Å². The number of hydrogen-bond donors (Lipinski definition) is 2. The van der Waals surface area contributed by atoms with Gasteiger partial charge in [0.1, 0.15) is 5.52 Å². The zero-order valence-electron chi connectivity index (χ0n) is 15.0. The number of aromatic nitrogens is 1. The molecule has 0 saturated heterocycles. The molecule has 3 N–H and O–H groups in total. The number of allylic oxidation sites excluding steroid dienone is 1. The SMILES string of the molecule is C/C=C\C(=C/N)C(=O)Nc1ccc2oc(-c3ccc(C)c(C)c3)nc2c1. The third kappa shape index (κ3) is 3.52. The lowest BCUT2D eigenvalue weighted by Crippen LogP contribution is -2.14. The zero-order valence-corrected chi connectivity index (χ0v) is 15.0. The molecule has 0 aliphatic carbocycles. The lowest BCUT2D eigenvalue weighted by Gasteiger charge is -2.04. The van der Waals surface area contributed by atoms with E-state index < -0.39 is 0 Å². The molecule has 1 amide bonds. The smallest absolute Gasteiger partial charge is 0.257 e. The van der Waals surface area contributed by atoms with Gasteiger partial charge in [0.2, 0.25) is 5.89 Å². The Kier molecular flexibility index (Phi) is 4.89. The van der Waals surface area contributed by atoms with Gasteiger partial charge in [-0.1, -0.05) is 18.2 Å². The van der Waals surface area contributed by atoms with Crippen molar-refractivity contribution in [2.45, 2.75) is 20.8 Å². The van der Waals surface area contributed by atoms with Gasteiger partial charge in [0.15, 0.2) is 5.58 Å². The molecule has 5 heteroatoms. The van der Waals surface area contributed by atoms with Crippen molar-refractivity contribution in [2.75, 3.05) is 5.32 Å². The molecule has 0 fully saturated rings. The first-order valence-electron chi connectivity index (χ1n) is 8.36. The van der Waals surface area contributed by atoms with Gasteiger partial charge in [-0.25, -0.2) is 4.98 Å². The van der Waals surface area contributed by atoms with Crippen molar-refractivity contribution >= 4 is 22.7 Å². The van der Waals surface area contributed by atoms with Gasteiger partial charge in [-0.2, -0.15) is 0 Å². The van der Waals surface area contributed by atoms with Crippen LogP contribution in [0.1, 0.15) is 18.1 Å². The van der Waals surface area contributed by atoms with E-state index in [4.69, 9.17) is 10.2 Å². The third-order valence-electron chi connectivity index (χ3n) is 4.19. The van der Waals surface area contributed by atoms with Gasteiger partial charge >= 0.3 is 0 Å². The molecule has 0 radical (unpaired) electrons. The standard InChI is InChI=1S/C21H21N3O2/c1-4-5-16(12-22)20(25)23-17-8-9-19-18(11-17)24-21(26-19)15-7-6-13(2)14(3)10-15/h4-12H,22H2,1-3H3,(H,23,25)/b5-4-,16-12+. The number of carbonyl (C=O) groups excluding carboxylic acids is 1. The molecular formula is C21H21N3O2. The van der Waals surface area contributed by atoms with Crippen molar-refractivity contribution < 1.29 is 9.21 Å². The summed E-state index contributed by atoms with van der Waals surface area (Å²) < 4.78 is 5.85. The second-order valence-corrected chi connectivity index (χ2v) is 6.08. The molecule has 0 unspecified atom stereocenters. The maximum Gasteiger partial charge on any atom is 0.257 e. The van der Waals surface area contributed by atoms with Crippen molar-refractivity contribution in [1.29, 1.82) is 0 Å². The summed E-state index contributed by atoms with van der Waals surface area (Å²) in [6, 6.07) is 11.4. The number of oxazole rings is 1. The van der Waals surface area contributed by atoms with Gasteiger partial charge in [-0.05, 0) is 62.2 Å². The number of carbonyl (C=O) groups is 1. The Bertz CT molecular complexity index is 1030. The highest BCUT2D eigenvalue weighted by Gasteiger charge is 2.11. The van der Waals surface area contributed by atoms with E-state index in [-0.39, 0.29) is 5.91 Å². The normalized spacial score (nSPS) is 12.0. The lowest BCUT2D eigenvalue weighted by molar-refractivity contribution is -0.112. The van der Waals surface area contributed by atoms with E-state index in [1.807, 2.05) is 19.1 Å². The summed E-state index contributed by atoms with van der Waals surface area (Å²) in [4.78, 5) is 16.8. The number of anilines is 1. The van der Waals surface area contributed by atoms with Gasteiger partial charge in [0, 0.05) is 17.5 Å². The number of nitrogens with one attached hydrogen (secondary N) is 1. The van der Waals surface area contributed by atoms with Crippen molar-refractivity contribution in [3.8, 4) is 11.5 Å². The summed E-state index contributed by atoms with van der Waals surface area (Å²) in [5, 5.41) is 2.82. The number of fused-ring (bicyclic) bond motifs is 1. The fourth-order valence-corrected chi connectivity index (χ4v) is 2.59. The molecule has 5 nitrogen and oxygen atoms in total. The number of benzene rings is 2. The number of hydrogen-bond acceptors (Lipinski definition) is 4. The number of amides is 1. The molecule has 0 atom stereocenters. The molecule has 3 aromatic rings. The molecule has 132 valence electrons. The first-order chi connectivity index (χ1) is 12.5. The average molecular weight is 347 g/mol. The van der Waals surface area contributed by atoms with Crippen LogP contribution in [-0.4, -0.2) is 10.9 Å². The second kappa shape index (κ2) is 7.27. The van der Waals surface area contributed by atoms with Crippen molar-refractivity contribution in [1.82, 2.24) is 4.98 Å². The minimum absolute atomic E-state index is 0.275. The number of rotatable bonds is 4. The van der Waals surface area contributed by atoms with E-state index >= 15 is 0 Å². The Morgan fingerprint density at radius 3 is 2.65 bits per heavy atom. The van der Waals surface area contributed by atoms with Crippen LogP contribution >= 0.6 is 0 Å². The number of nitrogens with zero attached hydrogens (tertiary/aromatic N) is 1. The molecule has 2 aromatic carbocycles. The summed E-state index contributed by atoms with van der Waals surface area (Å²) in [6.07, 6.45) is 4.69. The summed E-state index contributed by atoms with van der Waals surface area (Å²) in [5.74, 6) is 0.283. The number of nitrogens with two attached hydrogens (primary N) is 1. The van der Waals surface area contributed by atoms with Gasteiger partial charge in [-0.3, -0.25) is 4.79 Å². The Hall–Kier alpha value is -3.34. The van der Waals surface area contributed by atoms with Crippen LogP contribution in [0.25, 0.3) is 22.6 Å². The Balaban J connectivity index is 1.90. The molecule has 3 rings (SSSR count). The molecule has 26 heavy (non-hydrogen) atoms. The maximum atomic E-state index is 12.2. The zero-order chi connectivity index (χ0) is 18.7. The predicted octanol–water partition coefficient (Wildman–Crippen LogP) is 4.47. The highest BCUT2D eigenvalue weighted by molar-refractivity contribution is 6.06. The Morgan fingerprint density at radius 2 is 1.96 bits per heavy atom. The fraction of sp³-hybridized carbons (Fsp3) is 0.143. The highest BCUT2D eigenvalue weighted by Crippen LogP contribution is 2.27. The minimum Gasteiger partial charge on any atom is -0.436 e. The molecule has 0 aliphatic rings. The van der Waals surface area contributed by atoms with E-state index in [2.05, 4.69) is 30.2 Å². The topological polar surface area (TPSA) is 81.2 Å². The lowest BCUT2D eigenvalue weighted by atomic mass is 10.1. The van der Waals surface area contributed by atoms with E-state index in [1.165, 1.54) is 17.3 Å². The quantitative estimate of drug-likeness (QED) is 0.539. The van der Waals surface area contributed by atoms with Crippen molar-refractivity contribution in [2.24, 2.45) is 5.73 Å². The van der Waals surface area contributed by atoms with E-state index in [1.54, 1.807) is 30.4 Å². The Labute approximate surface area is 152 Å². The van der Waals surface area contributed by atoms with Gasteiger partial charge in [-0.15, -0.1) is 0 Å². The van der Waals surface area contributed by atoms with Crippen molar-refractivity contribution in [3.05, 3.63) is 71.5 Å². The van der Waals surface area contributed by atoms with Crippen LogP contribution in [-0.2, 0) is 4.79 Å². The summed E-state index contributed by atoms with van der Waals surface area (Å²) in [7, 11) is 0. The Morgan fingerprint density at radius 1 is 1.15 bits per heavy atom. The van der Waals surface area contributed by atoms with Gasteiger partial charge in [0.05, 0.1) is 5.57 Å². The van der Waals surface area contributed by atoms with Crippen LogP contribution in [0.4, 0.5) is 5.69 Å². The molecule has 1 heterocycles. The molecule has 0 spiro atoms. The monoisotopic (exact) mass is 347 g/mol. The van der Waals surface area contributed by atoms with E-state index in [9.17, 15) is 4.79 Å². The molecule has 1 aromatic heterocycles. The van der Waals surface area contributed by atoms with Crippen LogP contribution < -0.4 is 11.1 Å². The summed E-state index contributed by atoms with van der Waals surface area (Å²) in [5.41, 5.74) is 11.2. The first kappa shape index (κ1) is 17.5.